The molecular weight excluding hydrogens is 675 g/mol. The highest BCUT2D eigenvalue weighted by Crippen LogP contribution is 2.26. The van der Waals surface area contributed by atoms with Gasteiger partial charge in [0.15, 0.2) is 0 Å². The van der Waals surface area contributed by atoms with Crippen LogP contribution in [0.4, 0.5) is 43.7 Å². The Kier molecular flexibility index (Phi) is 9.58. The number of rotatable bonds is 8. The molecule has 0 spiro atoms. The van der Waals surface area contributed by atoms with Crippen molar-refractivity contribution < 1.29 is 8.78 Å². The lowest BCUT2D eigenvalue weighted by atomic mass is 10.2. The van der Waals surface area contributed by atoms with E-state index in [1.807, 2.05) is 84.5 Å². The minimum absolute atomic E-state index is 0.314. The van der Waals surface area contributed by atoms with Gasteiger partial charge < -0.3 is 22.1 Å². The van der Waals surface area contributed by atoms with Crippen molar-refractivity contribution in [1.29, 1.82) is 0 Å². The van der Waals surface area contributed by atoms with Crippen LogP contribution in [0, 0.1) is 18.6 Å². The molecule has 4 heterocycles. The largest absolute Gasteiger partial charge is 0.383 e. The Morgan fingerprint density at radius 1 is 0.547 bits per heavy atom. The maximum absolute atomic E-state index is 13.8. The lowest BCUT2D eigenvalue weighted by Gasteiger charge is -2.11. The number of hydrogen-bond acceptors (Lipinski definition) is 10. The maximum atomic E-state index is 13.8. The van der Waals surface area contributed by atoms with Gasteiger partial charge in [-0.1, -0.05) is 49.7 Å². The van der Waals surface area contributed by atoms with Crippen molar-refractivity contribution >= 4 is 57.0 Å². The monoisotopic (exact) mass is 710 g/mol. The number of anilines is 6. The summed E-state index contributed by atoms with van der Waals surface area (Å²) in [6.07, 6.45) is 1.34. The highest BCUT2D eigenvalue weighted by Gasteiger charge is 2.17. The van der Waals surface area contributed by atoms with Gasteiger partial charge in [-0.2, -0.15) is 19.9 Å². The molecule has 0 radical (unpaired) electrons. The fourth-order valence-corrected chi connectivity index (χ4v) is 5.84. The van der Waals surface area contributed by atoms with E-state index in [4.69, 9.17) is 11.5 Å². The van der Waals surface area contributed by atoms with Crippen LogP contribution in [0.1, 0.15) is 31.1 Å². The van der Waals surface area contributed by atoms with Crippen LogP contribution in [0.15, 0.2) is 103 Å². The molecule has 0 bridgehead atoms. The molecule has 0 saturated carbocycles. The topological polar surface area (TPSA) is 163 Å². The molecule has 0 fully saturated rings. The van der Waals surface area contributed by atoms with Crippen LogP contribution >= 0.6 is 0 Å². The van der Waals surface area contributed by atoms with Crippen LogP contribution in [0.25, 0.3) is 33.7 Å². The van der Waals surface area contributed by atoms with Gasteiger partial charge in [0.1, 0.15) is 46.6 Å². The predicted molar refractivity (Wildman–Crippen MR) is 205 cm³/mol. The van der Waals surface area contributed by atoms with Crippen molar-refractivity contribution in [3.63, 3.8) is 0 Å². The third-order valence-electron chi connectivity index (χ3n) is 8.27. The number of benzene rings is 4. The zero-order valence-corrected chi connectivity index (χ0v) is 29.2. The number of imidazole rings is 2. The number of nitrogens with two attached hydrogens (primary N) is 2. The Hall–Kier alpha value is -6.96. The van der Waals surface area contributed by atoms with Gasteiger partial charge in [-0.15, -0.1) is 0 Å². The van der Waals surface area contributed by atoms with Gasteiger partial charge in [-0.3, -0.25) is 9.13 Å². The molecule has 4 aromatic heterocycles. The van der Waals surface area contributed by atoms with Gasteiger partial charge in [0, 0.05) is 48.5 Å². The second-order valence-electron chi connectivity index (χ2n) is 12.1. The molecule has 0 aliphatic heterocycles. The first-order chi connectivity index (χ1) is 25.7. The SMILES string of the molecule is CCc1nc2ccc(F)cc2n1-c1cc(N)nc(Nc2ccc(C)cc2)n1.CCc1nc2ccc(F)cc2n1-c1cc(N)nc(Nc2ccccc2)n1. The van der Waals surface area contributed by atoms with Crippen molar-refractivity contribution in [3.8, 4) is 11.6 Å². The number of nitrogens with zero attached hydrogens (tertiary/aromatic N) is 8. The van der Waals surface area contributed by atoms with Crippen LogP contribution in [-0.2, 0) is 12.8 Å². The first kappa shape index (κ1) is 34.5. The summed E-state index contributed by atoms with van der Waals surface area (Å²) in [7, 11) is 0. The van der Waals surface area contributed by atoms with E-state index in [1.54, 1.807) is 24.3 Å². The van der Waals surface area contributed by atoms with E-state index >= 15 is 0 Å². The summed E-state index contributed by atoms with van der Waals surface area (Å²) >= 11 is 0. The van der Waals surface area contributed by atoms with E-state index in [2.05, 4.69) is 40.5 Å². The lowest BCUT2D eigenvalue weighted by Crippen LogP contribution is -2.08. The molecule has 8 aromatic rings. The van der Waals surface area contributed by atoms with Crippen LogP contribution in [0.2, 0.25) is 0 Å². The van der Waals surface area contributed by atoms with Gasteiger partial charge in [0.25, 0.3) is 0 Å². The number of aryl methyl sites for hydroxylation is 3. The number of aromatic nitrogens is 8. The first-order valence-electron chi connectivity index (χ1n) is 17.0. The van der Waals surface area contributed by atoms with Crippen molar-refractivity contribution in [1.82, 2.24) is 39.0 Å². The minimum Gasteiger partial charge on any atom is -0.383 e. The van der Waals surface area contributed by atoms with E-state index in [9.17, 15) is 8.78 Å². The van der Waals surface area contributed by atoms with Crippen LogP contribution in [0.3, 0.4) is 0 Å². The summed E-state index contributed by atoms with van der Waals surface area (Å²) in [5, 5.41) is 6.30. The maximum Gasteiger partial charge on any atom is 0.231 e. The highest BCUT2D eigenvalue weighted by atomic mass is 19.1. The number of fused-ring (bicyclic) bond motifs is 2. The third kappa shape index (κ3) is 7.56. The Morgan fingerprint density at radius 2 is 1.00 bits per heavy atom. The van der Waals surface area contributed by atoms with Crippen molar-refractivity contribution in [3.05, 3.63) is 132 Å². The summed E-state index contributed by atoms with van der Waals surface area (Å²) in [4.78, 5) is 26.8. The van der Waals surface area contributed by atoms with E-state index in [0.717, 1.165) is 28.6 Å². The van der Waals surface area contributed by atoms with Gasteiger partial charge in [0.2, 0.25) is 11.9 Å². The summed E-state index contributed by atoms with van der Waals surface area (Å²) in [5.74, 6) is 3.34. The molecule has 0 saturated heterocycles. The van der Waals surface area contributed by atoms with Crippen LogP contribution in [-0.4, -0.2) is 39.0 Å². The Balaban J connectivity index is 0.000000164. The quantitative estimate of drug-likeness (QED) is 0.122. The average Bonchev–Trinajstić information content (AvgIpc) is 3.70. The zero-order valence-electron chi connectivity index (χ0n) is 29.2. The molecule has 0 aliphatic carbocycles. The molecule has 0 unspecified atom stereocenters. The van der Waals surface area contributed by atoms with Crippen molar-refractivity contribution in [2.75, 3.05) is 22.1 Å². The molecule has 266 valence electrons. The Labute approximate surface area is 303 Å². The van der Waals surface area contributed by atoms with Gasteiger partial charge in [-0.05, 0) is 55.5 Å². The Bertz CT molecular complexity index is 2550. The van der Waals surface area contributed by atoms with Crippen molar-refractivity contribution in [2.24, 2.45) is 0 Å². The van der Waals surface area contributed by atoms with Gasteiger partial charge in [0.05, 0.1) is 22.1 Å². The number of nitrogens with one attached hydrogen (secondary N) is 2. The summed E-state index contributed by atoms with van der Waals surface area (Å²) < 4.78 is 31.2. The number of halogens is 2. The predicted octanol–water partition coefficient (Wildman–Crippen LogP) is 7.99. The van der Waals surface area contributed by atoms with E-state index in [-0.39, 0.29) is 11.6 Å². The van der Waals surface area contributed by atoms with Crippen LogP contribution < -0.4 is 22.1 Å². The standard InChI is InChI=1S/C20H19FN6.C19H17FN6/c1-3-18-24-15-9-6-13(21)10-16(15)27(18)19-11-17(22)25-20(26-19)23-14-7-4-12(2)5-8-14;1-2-17-23-14-9-8-12(20)10-15(14)26(17)18-11-16(21)24-19(25-18)22-13-6-4-3-5-7-13/h4-11H,3H2,1-2H3,(H3,22,23,25,26);3-11H,2H2,1H3,(H3,21,22,24,25). The lowest BCUT2D eigenvalue weighted by molar-refractivity contribution is 0.628. The molecule has 6 N–H and O–H groups in total. The molecular formula is C39H36F2N12. The van der Waals surface area contributed by atoms with E-state index < -0.39 is 0 Å². The van der Waals surface area contributed by atoms with Gasteiger partial charge in [-0.25, -0.2) is 18.7 Å². The minimum atomic E-state index is -0.328. The van der Waals surface area contributed by atoms with E-state index in [0.29, 0.717) is 70.1 Å². The summed E-state index contributed by atoms with van der Waals surface area (Å²) in [5.41, 5.74) is 17.6. The number of nitrogen functional groups attached to an aromatic ring is 2. The number of hydrogen-bond donors (Lipinski definition) is 4. The average molecular weight is 711 g/mol. The summed E-state index contributed by atoms with van der Waals surface area (Å²) in [6.45, 7) is 6.00. The smallest absolute Gasteiger partial charge is 0.231 e. The number of para-hydroxylation sites is 1. The molecule has 14 heteroatoms. The van der Waals surface area contributed by atoms with E-state index in [1.165, 1.54) is 24.3 Å². The normalized spacial score (nSPS) is 11.0. The second-order valence-corrected chi connectivity index (χ2v) is 12.1. The molecule has 0 atom stereocenters. The molecule has 53 heavy (non-hydrogen) atoms. The summed E-state index contributed by atoms with van der Waals surface area (Å²) in [6, 6.07) is 29.8. The molecule has 4 aromatic carbocycles. The van der Waals surface area contributed by atoms with Gasteiger partial charge >= 0.3 is 0 Å². The first-order valence-corrected chi connectivity index (χ1v) is 17.0. The fraction of sp³-hybridized carbons (Fsp3) is 0.128. The Morgan fingerprint density at radius 3 is 1.45 bits per heavy atom. The highest BCUT2D eigenvalue weighted by molar-refractivity contribution is 5.79. The molecule has 8 rings (SSSR count). The third-order valence-corrected chi connectivity index (χ3v) is 8.27. The molecule has 12 nitrogen and oxygen atoms in total. The molecule has 0 amide bonds. The van der Waals surface area contributed by atoms with Crippen molar-refractivity contribution in [2.45, 2.75) is 33.6 Å². The zero-order chi connectivity index (χ0) is 37.1. The van der Waals surface area contributed by atoms with Crippen LogP contribution in [0.5, 0.6) is 0 Å². The second kappa shape index (κ2) is 14.7. The fourth-order valence-electron chi connectivity index (χ4n) is 5.84. The molecule has 0 aliphatic rings.